The van der Waals surface area contributed by atoms with Crippen molar-refractivity contribution >= 4 is 11.3 Å². The van der Waals surface area contributed by atoms with Crippen molar-refractivity contribution in [2.45, 2.75) is 31.1 Å². The van der Waals surface area contributed by atoms with Crippen LogP contribution in [-0.4, -0.2) is 11.5 Å². The van der Waals surface area contributed by atoms with E-state index in [1.54, 1.807) is 11.3 Å². The highest BCUT2D eigenvalue weighted by atomic mass is 32.1. The Morgan fingerprint density at radius 3 is 2.75 bits per heavy atom. The molecule has 0 saturated heterocycles. The molecular weight excluding hydrogens is 168 g/mol. The fraction of sp³-hybridized carbons (Fsp3) is 0.667. The molecule has 0 spiro atoms. The number of nitrogens with two attached hydrogens (primary N) is 1. The molecule has 1 heterocycles. The topological polar surface area (TPSA) is 38.9 Å². The fourth-order valence-electron chi connectivity index (χ4n) is 2.04. The molecule has 0 bridgehead atoms. The molecule has 1 aliphatic rings. The summed E-state index contributed by atoms with van der Waals surface area (Å²) in [7, 11) is 0. The Balaban J connectivity index is 2.28. The SMILES string of the molecule is NCC1(c2nccs2)CCCC1. The van der Waals surface area contributed by atoms with Gasteiger partial charge in [0.2, 0.25) is 0 Å². The van der Waals surface area contributed by atoms with Crippen LogP contribution >= 0.6 is 11.3 Å². The van der Waals surface area contributed by atoms with E-state index in [1.165, 1.54) is 30.7 Å². The highest BCUT2D eigenvalue weighted by molar-refractivity contribution is 7.09. The lowest BCUT2D eigenvalue weighted by atomic mass is 9.87. The first-order valence-electron chi connectivity index (χ1n) is 4.47. The van der Waals surface area contributed by atoms with Crippen LogP contribution in [0.4, 0.5) is 0 Å². The van der Waals surface area contributed by atoms with Crippen LogP contribution in [0.3, 0.4) is 0 Å². The minimum atomic E-state index is 0.244. The fourth-order valence-corrected chi connectivity index (χ4v) is 2.95. The molecule has 0 atom stereocenters. The molecule has 3 heteroatoms. The molecule has 0 aliphatic heterocycles. The summed E-state index contributed by atoms with van der Waals surface area (Å²) in [6, 6.07) is 0. The van der Waals surface area contributed by atoms with Crippen molar-refractivity contribution in [1.82, 2.24) is 4.98 Å². The zero-order valence-corrected chi connectivity index (χ0v) is 7.94. The second kappa shape index (κ2) is 3.15. The van der Waals surface area contributed by atoms with Gasteiger partial charge >= 0.3 is 0 Å². The Kier molecular flexibility index (Phi) is 2.15. The maximum Gasteiger partial charge on any atom is 0.0999 e. The second-order valence-electron chi connectivity index (χ2n) is 3.53. The number of thiazole rings is 1. The van der Waals surface area contributed by atoms with E-state index in [9.17, 15) is 0 Å². The molecule has 2 nitrogen and oxygen atoms in total. The molecule has 0 radical (unpaired) electrons. The predicted molar refractivity (Wildman–Crippen MR) is 51.3 cm³/mol. The molecule has 1 fully saturated rings. The molecule has 1 aromatic heterocycles. The van der Waals surface area contributed by atoms with Gasteiger partial charge in [-0.2, -0.15) is 0 Å². The predicted octanol–water partition coefficient (Wildman–Crippen LogP) is 1.91. The Bertz CT molecular complexity index is 237. The zero-order chi connectivity index (χ0) is 8.44. The molecule has 0 unspecified atom stereocenters. The molecular formula is C9H14N2S. The molecule has 0 aromatic carbocycles. The maximum atomic E-state index is 5.83. The minimum Gasteiger partial charge on any atom is -0.329 e. The lowest BCUT2D eigenvalue weighted by Crippen LogP contribution is -2.31. The van der Waals surface area contributed by atoms with Gasteiger partial charge in [-0.1, -0.05) is 12.8 Å². The molecule has 2 N–H and O–H groups in total. The van der Waals surface area contributed by atoms with Gasteiger partial charge in [0.1, 0.15) is 0 Å². The summed E-state index contributed by atoms with van der Waals surface area (Å²) in [5.74, 6) is 0. The van der Waals surface area contributed by atoms with Crippen LogP contribution in [0.2, 0.25) is 0 Å². The Labute approximate surface area is 76.8 Å². The summed E-state index contributed by atoms with van der Waals surface area (Å²) in [5.41, 5.74) is 6.07. The second-order valence-corrected chi connectivity index (χ2v) is 4.42. The van der Waals surface area contributed by atoms with Crippen molar-refractivity contribution in [3.8, 4) is 0 Å². The van der Waals surface area contributed by atoms with Crippen molar-refractivity contribution < 1.29 is 0 Å². The van der Waals surface area contributed by atoms with Crippen LogP contribution in [0.5, 0.6) is 0 Å². The Morgan fingerprint density at radius 1 is 1.50 bits per heavy atom. The lowest BCUT2D eigenvalue weighted by molar-refractivity contribution is 0.450. The van der Waals surface area contributed by atoms with Crippen molar-refractivity contribution in [2.75, 3.05) is 6.54 Å². The molecule has 0 amide bonds. The summed E-state index contributed by atoms with van der Waals surface area (Å²) in [5, 5.41) is 3.30. The number of aromatic nitrogens is 1. The third-order valence-electron chi connectivity index (χ3n) is 2.84. The summed E-state index contributed by atoms with van der Waals surface area (Å²) in [6.45, 7) is 0.764. The van der Waals surface area contributed by atoms with Gasteiger partial charge in [0.15, 0.2) is 0 Å². The zero-order valence-electron chi connectivity index (χ0n) is 7.12. The van der Waals surface area contributed by atoms with Crippen LogP contribution in [0.1, 0.15) is 30.7 Å². The van der Waals surface area contributed by atoms with E-state index >= 15 is 0 Å². The number of hydrogen-bond donors (Lipinski definition) is 1. The van der Waals surface area contributed by atoms with Crippen molar-refractivity contribution in [1.29, 1.82) is 0 Å². The van der Waals surface area contributed by atoms with E-state index in [-0.39, 0.29) is 5.41 Å². The third kappa shape index (κ3) is 1.17. The summed E-state index contributed by atoms with van der Waals surface area (Å²) < 4.78 is 0. The Morgan fingerprint density at radius 2 is 2.25 bits per heavy atom. The van der Waals surface area contributed by atoms with Gasteiger partial charge in [0.05, 0.1) is 5.01 Å². The van der Waals surface area contributed by atoms with Gasteiger partial charge < -0.3 is 5.73 Å². The first-order valence-corrected chi connectivity index (χ1v) is 5.35. The number of nitrogens with zero attached hydrogens (tertiary/aromatic N) is 1. The van der Waals surface area contributed by atoms with E-state index in [4.69, 9.17) is 5.73 Å². The normalized spacial score (nSPS) is 21.4. The summed E-state index contributed by atoms with van der Waals surface area (Å²) >= 11 is 1.75. The lowest BCUT2D eigenvalue weighted by Gasteiger charge is -2.23. The quantitative estimate of drug-likeness (QED) is 0.759. The highest BCUT2D eigenvalue weighted by Gasteiger charge is 2.36. The highest BCUT2D eigenvalue weighted by Crippen LogP contribution is 2.40. The average molecular weight is 182 g/mol. The third-order valence-corrected chi connectivity index (χ3v) is 3.86. The number of hydrogen-bond acceptors (Lipinski definition) is 3. The van der Waals surface area contributed by atoms with Crippen LogP contribution in [0, 0.1) is 0 Å². The van der Waals surface area contributed by atoms with Gasteiger partial charge in [0, 0.05) is 23.5 Å². The van der Waals surface area contributed by atoms with Gasteiger partial charge in [-0.05, 0) is 12.8 Å². The molecule has 1 aromatic rings. The van der Waals surface area contributed by atoms with Crippen LogP contribution in [-0.2, 0) is 5.41 Å². The maximum absolute atomic E-state index is 5.83. The van der Waals surface area contributed by atoms with E-state index in [1.807, 2.05) is 11.6 Å². The van der Waals surface area contributed by atoms with E-state index in [2.05, 4.69) is 4.98 Å². The van der Waals surface area contributed by atoms with Crippen LogP contribution < -0.4 is 5.73 Å². The van der Waals surface area contributed by atoms with E-state index < -0.39 is 0 Å². The number of rotatable bonds is 2. The van der Waals surface area contributed by atoms with Gasteiger partial charge in [-0.15, -0.1) is 11.3 Å². The van der Waals surface area contributed by atoms with Crippen molar-refractivity contribution in [3.63, 3.8) is 0 Å². The standard InChI is InChI=1S/C9H14N2S/c10-7-9(3-1-2-4-9)8-11-5-6-12-8/h5-6H,1-4,7,10H2. The van der Waals surface area contributed by atoms with Crippen LogP contribution in [0.15, 0.2) is 11.6 Å². The molecule has 1 aliphatic carbocycles. The molecule has 66 valence electrons. The van der Waals surface area contributed by atoms with Gasteiger partial charge in [-0.3, -0.25) is 0 Å². The molecule has 2 rings (SSSR count). The first-order chi connectivity index (χ1) is 5.87. The summed E-state index contributed by atoms with van der Waals surface area (Å²) in [6.07, 6.45) is 6.98. The average Bonchev–Trinajstić information content (AvgIpc) is 2.76. The smallest absolute Gasteiger partial charge is 0.0999 e. The monoisotopic (exact) mass is 182 g/mol. The minimum absolute atomic E-state index is 0.244. The van der Waals surface area contributed by atoms with E-state index in [0.29, 0.717) is 0 Å². The van der Waals surface area contributed by atoms with E-state index in [0.717, 1.165) is 6.54 Å². The van der Waals surface area contributed by atoms with Crippen LogP contribution in [0.25, 0.3) is 0 Å². The molecule has 12 heavy (non-hydrogen) atoms. The first kappa shape index (κ1) is 8.20. The Hall–Kier alpha value is -0.410. The van der Waals surface area contributed by atoms with Crippen molar-refractivity contribution in [3.05, 3.63) is 16.6 Å². The molecule has 1 saturated carbocycles. The largest absolute Gasteiger partial charge is 0.329 e. The summed E-state index contributed by atoms with van der Waals surface area (Å²) in [4.78, 5) is 4.38. The van der Waals surface area contributed by atoms with Crippen molar-refractivity contribution in [2.24, 2.45) is 5.73 Å². The van der Waals surface area contributed by atoms with Gasteiger partial charge in [0.25, 0.3) is 0 Å². The van der Waals surface area contributed by atoms with Gasteiger partial charge in [-0.25, -0.2) is 4.98 Å².